The van der Waals surface area contributed by atoms with Gasteiger partial charge in [-0.25, -0.2) is 0 Å². The summed E-state index contributed by atoms with van der Waals surface area (Å²) in [6.07, 6.45) is 2.51. The second-order valence-electron chi connectivity index (χ2n) is 6.67. The number of carbonyl (C=O) groups excluding carboxylic acids is 1. The van der Waals surface area contributed by atoms with Gasteiger partial charge in [0, 0.05) is 25.9 Å². The smallest absolute Gasteiger partial charge is 0.311 e. The van der Waals surface area contributed by atoms with Crippen molar-refractivity contribution in [1.82, 2.24) is 15.0 Å². The van der Waals surface area contributed by atoms with Crippen molar-refractivity contribution >= 4 is 11.9 Å². The summed E-state index contributed by atoms with van der Waals surface area (Å²) in [4.78, 5) is 29.9. The predicted molar refractivity (Wildman–Crippen MR) is 86.4 cm³/mol. The number of furan rings is 1. The Morgan fingerprint density at radius 3 is 2.84 bits per heavy atom. The van der Waals surface area contributed by atoms with E-state index in [4.69, 9.17) is 8.94 Å². The second-order valence-corrected chi connectivity index (χ2v) is 6.67. The van der Waals surface area contributed by atoms with E-state index in [1.54, 1.807) is 17.0 Å². The maximum Gasteiger partial charge on any atom is 0.311 e. The molecule has 1 aliphatic rings. The van der Waals surface area contributed by atoms with Crippen LogP contribution in [0.2, 0.25) is 0 Å². The second kappa shape index (κ2) is 6.70. The van der Waals surface area contributed by atoms with E-state index in [-0.39, 0.29) is 24.8 Å². The Kier molecular flexibility index (Phi) is 4.61. The molecule has 8 heteroatoms. The molecule has 0 aromatic carbocycles. The lowest BCUT2D eigenvalue weighted by Crippen LogP contribution is -2.40. The number of amides is 1. The fourth-order valence-corrected chi connectivity index (χ4v) is 3.17. The van der Waals surface area contributed by atoms with Gasteiger partial charge in [0.15, 0.2) is 5.76 Å². The Labute approximate surface area is 144 Å². The van der Waals surface area contributed by atoms with E-state index >= 15 is 0 Å². The zero-order valence-electron chi connectivity index (χ0n) is 14.3. The molecule has 1 N–H and O–H groups in total. The lowest BCUT2D eigenvalue weighted by Gasteiger charge is -2.28. The minimum absolute atomic E-state index is 0.0328. The lowest BCUT2D eigenvalue weighted by atomic mass is 9.76. The quantitative estimate of drug-likeness (QED) is 0.853. The molecule has 0 radical (unpaired) electrons. The van der Waals surface area contributed by atoms with E-state index in [1.165, 1.54) is 6.26 Å². The number of hydrogen-bond acceptors (Lipinski definition) is 6. The fraction of sp³-hybridized carbons (Fsp3) is 0.529. The number of aryl methyl sites for hydroxylation is 1. The van der Waals surface area contributed by atoms with Crippen molar-refractivity contribution in [3.63, 3.8) is 0 Å². The number of nitrogens with zero attached hydrogens (tertiary/aromatic N) is 3. The van der Waals surface area contributed by atoms with Gasteiger partial charge < -0.3 is 18.9 Å². The summed E-state index contributed by atoms with van der Waals surface area (Å²) in [5.74, 6) is 0.239. The molecule has 0 saturated carbocycles. The van der Waals surface area contributed by atoms with E-state index in [0.717, 1.165) is 0 Å². The van der Waals surface area contributed by atoms with Crippen LogP contribution in [0.3, 0.4) is 0 Å². The third-order valence-corrected chi connectivity index (χ3v) is 4.95. The van der Waals surface area contributed by atoms with E-state index in [0.29, 0.717) is 36.9 Å². The van der Waals surface area contributed by atoms with Crippen LogP contribution in [-0.4, -0.2) is 45.1 Å². The first kappa shape index (κ1) is 17.2. The van der Waals surface area contributed by atoms with Gasteiger partial charge in [0.25, 0.3) is 0 Å². The molecule has 3 rings (SSSR count). The summed E-state index contributed by atoms with van der Waals surface area (Å²) in [6, 6.07) is 3.45. The summed E-state index contributed by atoms with van der Waals surface area (Å²) in [5, 5.41) is 13.4. The van der Waals surface area contributed by atoms with Crippen LogP contribution in [0.1, 0.15) is 32.6 Å². The highest BCUT2D eigenvalue weighted by Gasteiger charge is 2.48. The van der Waals surface area contributed by atoms with E-state index in [9.17, 15) is 14.7 Å². The van der Waals surface area contributed by atoms with Crippen LogP contribution in [0.15, 0.2) is 27.3 Å². The molecule has 1 unspecified atom stereocenters. The van der Waals surface area contributed by atoms with Gasteiger partial charge in [-0.1, -0.05) is 19.0 Å². The Morgan fingerprint density at radius 1 is 1.44 bits per heavy atom. The number of likely N-dealkylation sites (tertiary alicyclic amines) is 1. The van der Waals surface area contributed by atoms with Crippen molar-refractivity contribution in [3.05, 3.63) is 24.3 Å². The molecule has 0 bridgehead atoms. The molecule has 1 atom stereocenters. The van der Waals surface area contributed by atoms with Crippen molar-refractivity contribution in [2.75, 3.05) is 13.1 Å². The van der Waals surface area contributed by atoms with Crippen molar-refractivity contribution in [1.29, 1.82) is 0 Å². The topological polar surface area (TPSA) is 110 Å². The first-order valence-corrected chi connectivity index (χ1v) is 8.30. The fourth-order valence-electron chi connectivity index (χ4n) is 3.17. The number of carboxylic acid groups (broad SMARTS) is 1. The number of aliphatic carboxylic acids is 1. The average Bonchev–Trinajstić information content (AvgIpc) is 3.31. The van der Waals surface area contributed by atoms with Gasteiger partial charge >= 0.3 is 5.97 Å². The highest BCUT2D eigenvalue weighted by atomic mass is 16.5. The van der Waals surface area contributed by atoms with E-state index in [1.807, 2.05) is 13.8 Å². The standard InChI is InChI=1S/C17H21N3O5/c1-11(2)17(16(22)23)7-8-20(10-17)14(21)6-5-13-18-15(19-25-13)12-4-3-9-24-12/h3-4,9,11H,5-8,10H2,1-2H3,(H,22,23). The van der Waals surface area contributed by atoms with Gasteiger partial charge in [-0.05, 0) is 24.5 Å². The number of carboxylic acids is 1. The zero-order valence-corrected chi connectivity index (χ0v) is 14.3. The third kappa shape index (κ3) is 3.29. The van der Waals surface area contributed by atoms with Gasteiger partial charge in [0.2, 0.25) is 17.6 Å². The summed E-state index contributed by atoms with van der Waals surface area (Å²) < 4.78 is 10.3. The average molecular weight is 347 g/mol. The molecule has 134 valence electrons. The summed E-state index contributed by atoms with van der Waals surface area (Å²) >= 11 is 0. The SMILES string of the molecule is CC(C)C1(C(=O)O)CCN(C(=O)CCc2nc(-c3ccco3)no2)C1. The maximum absolute atomic E-state index is 12.4. The van der Waals surface area contributed by atoms with E-state index < -0.39 is 11.4 Å². The first-order chi connectivity index (χ1) is 11.9. The molecule has 2 aromatic heterocycles. The molecule has 1 amide bonds. The summed E-state index contributed by atoms with van der Waals surface area (Å²) in [5.41, 5.74) is -0.855. The van der Waals surface area contributed by atoms with Crippen molar-refractivity contribution in [2.45, 2.75) is 33.1 Å². The summed E-state index contributed by atoms with van der Waals surface area (Å²) in [7, 11) is 0. The van der Waals surface area contributed by atoms with Gasteiger partial charge in [0.05, 0.1) is 11.7 Å². The molecule has 3 heterocycles. The third-order valence-electron chi connectivity index (χ3n) is 4.95. The van der Waals surface area contributed by atoms with Crippen LogP contribution in [0.5, 0.6) is 0 Å². The molecular formula is C17H21N3O5. The molecule has 0 aliphatic carbocycles. The molecule has 1 aliphatic heterocycles. The molecule has 2 aromatic rings. The Bertz CT molecular complexity index is 752. The normalized spacial score (nSPS) is 20.4. The van der Waals surface area contributed by atoms with Crippen LogP contribution >= 0.6 is 0 Å². The molecular weight excluding hydrogens is 326 g/mol. The zero-order chi connectivity index (χ0) is 18.0. The van der Waals surface area contributed by atoms with E-state index in [2.05, 4.69) is 10.1 Å². The first-order valence-electron chi connectivity index (χ1n) is 8.30. The van der Waals surface area contributed by atoms with Crippen molar-refractivity contribution in [3.8, 4) is 11.6 Å². The highest BCUT2D eigenvalue weighted by molar-refractivity contribution is 5.81. The number of rotatable bonds is 6. The Hall–Kier alpha value is -2.64. The maximum atomic E-state index is 12.4. The van der Waals surface area contributed by atoms with Crippen molar-refractivity contribution < 1.29 is 23.6 Å². The van der Waals surface area contributed by atoms with Crippen molar-refractivity contribution in [2.24, 2.45) is 11.3 Å². The number of hydrogen-bond donors (Lipinski definition) is 1. The van der Waals surface area contributed by atoms with Crippen LogP contribution in [0.4, 0.5) is 0 Å². The van der Waals surface area contributed by atoms with Crippen LogP contribution < -0.4 is 0 Å². The number of aromatic nitrogens is 2. The molecule has 0 spiro atoms. The van der Waals surface area contributed by atoms with Crippen LogP contribution in [-0.2, 0) is 16.0 Å². The molecule has 1 saturated heterocycles. The van der Waals surface area contributed by atoms with Gasteiger partial charge in [-0.2, -0.15) is 4.98 Å². The van der Waals surface area contributed by atoms with Gasteiger partial charge in [-0.15, -0.1) is 0 Å². The number of carbonyl (C=O) groups is 2. The van der Waals surface area contributed by atoms with Crippen LogP contribution in [0, 0.1) is 11.3 Å². The molecule has 25 heavy (non-hydrogen) atoms. The van der Waals surface area contributed by atoms with Crippen LogP contribution in [0.25, 0.3) is 11.6 Å². The Balaban J connectivity index is 1.58. The molecule has 1 fully saturated rings. The predicted octanol–water partition coefficient (Wildman–Crippen LogP) is 2.22. The summed E-state index contributed by atoms with van der Waals surface area (Å²) in [6.45, 7) is 4.48. The minimum Gasteiger partial charge on any atom is -0.481 e. The molecule has 8 nitrogen and oxygen atoms in total. The van der Waals surface area contributed by atoms with Gasteiger partial charge in [-0.3, -0.25) is 9.59 Å². The largest absolute Gasteiger partial charge is 0.481 e. The lowest BCUT2D eigenvalue weighted by molar-refractivity contribution is -0.151. The highest BCUT2D eigenvalue weighted by Crippen LogP contribution is 2.38. The monoisotopic (exact) mass is 347 g/mol. The van der Waals surface area contributed by atoms with Gasteiger partial charge in [0.1, 0.15) is 0 Å². The minimum atomic E-state index is -0.855. The Morgan fingerprint density at radius 2 is 2.24 bits per heavy atom.